The third kappa shape index (κ3) is 7.96. The standard InChI is InChI=1S/C31H23F6N3O3S3/c32-30(33,34)21-16-22(31(35,36)37)18-23(17-21)40-29(44)38-12-13-39-46(41,42)28-26(11-14-45-28)25-7-3-4-8-27(25)43-24-10-9-19-5-1-2-6-20(19)15-24/h1-11,14-18,39H,12-13H2,(H2,38,40,44). The van der Waals surface area contributed by atoms with Crippen LogP contribution in [0.2, 0.25) is 0 Å². The van der Waals surface area contributed by atoms with Crippen LogP contribution in [0, 0.1) is 0 Å². The minimum absolute atomic E-state index is 0.00321. The lowest BCUT2D eigenvalue weighted by Crippen LogP contribution is -2.36. The Morgan fingerprint density at radius 1 is 0.761 bits per heavy atom. The SMILES string of the molecule is O=S(=O)(NCCNC(=S)Nc1cc(C(F)(F)F)cc(C(F)(F)F)c1)c1sccc1-c1ccccc1Oc1ccc2ccccc2c1. The number of rotatable bonds is 9. The van der Waals surface area contributed by atoms with Gasteiger partial charge in [0.1, 0.15) is 15.7 Å². The molecule has 1 heterocycles. The highest BCUT2D eigenvalue weighted by Crippen LogP contribution is 2.40. The molecule has 4 aromatic carbocycles. The summed E-state index contributed by atoms with van der Waals surface area (Å²) < 4.78 is 114. The van der Waals surface area contributed by atoms with E-state index in [-0.39, 0.29) is 28.5 Å². The number of nitrogens with one attached hydrogen (secondary N) is 3. The zero-order chi connectivity index (χ0) is 33.1. The summed E-state index contributed by atoms with van der Waals surface area (Å²) in [5.74, 6) is 1.01. The Hall–Kier alpha value is -4.18. The number of sulfonamides is 1. The Morgan fingerprint density at radius 3 is 2.11 bits per heavy atom. The molecule has 0 amide bonds. The Balaban J connectivity index is 1.24. The summed E-state index contributed by atoms with van der Waals surface area (Å²) in [5.41, 5.74) is -2.59. The van der Waals surface area contributed by atoms with Crippen molar-refractivity contribution in [2.24, 2.45) is 0 Å². The smallest absolute Gasteiger partial charge is 0.416 e. The Morgan fingerprint density at radius 2 is 1.41 bits per heavy atom. The van der Waals surface area contributed by atoms with Crippen LogP contribution in [-0.2, 0) is 22.4 Å². The first kappa shape index (κ1) is 33.2. The second kappa shape index (κ2) is 13.3. The van der Waals surface area contributed by atoms with Gasteiger partial charge in [-0.25, -0.2) is 13.1 Å². The van der Waals surface area contributed by atoms with Crippen LogP contribution in [-0.4, -0.2) is 26.6 Å². The molecule has 0 aliphatic carbocycles. The molecule has 0 fully saturated rings. The van der Waals surface area contributed by atoms with E-state index in [0.717, 1.165) is 22.1 Å². The van der Waals surface area contributed by atoms with Gasteiger partial charge in [0.15, 0.2) is 5.11 Å². The zero-order valence-electron chi connectivity index (χ0n) is 23.4. The molecule has 0 saturated heterocycles. The highest BCUT2D eigenvalue weighted by molar-refractivity contribution is 7.91. The van der Waals surface area contributed by atoms with E-state index in [9.17, 15) is 34.8 Å². The molecule has 0 radical (unpaired) electrons. The lowest BCUT2D eigenvalue weighted by Gasteiger charge is -2.16. The summed E-state index contributed by atoms with van der Waals surface area (Å²) >= 11 is 5.99. The lowest BCUT2D eigenvalue weighted by atomic mass is 10.1. The summed E-state index contributed by atoms with van der Waals surface area (Å²) in [7, 11) is -4.06. The van der Waals surface area contributed by atoms with Crippen molar-refractivity contribution in [1.29, 1.82) is 0 Å². The minimum Gasteiger partial charge on any atom is -0.457 e. The maximum absolute atomic E-state index is 13.3. The number of hydrogen-bond acceptors (Lipinski definition) is 5. The van der Waals surface area contributed by atoms with Crippen molar-refractivity contribution >= 4 is 55.2 Å². The van der Waals surface area contributed by atoms with Crippen LogP contribution in [0.25, 0.3) is 21.9 Å². The van der Waals surface area contributed by atoms with Gasteiger partial charge in [0.05, 0.1) is 11.1 Å². The second-order valence-electron chi connectivity index (χ2n) is 9.80. The number of fused-ring (bicyclic) bond motifs is 1. The van der Waals surface area contributed by atoms with Gasteiger partial charge in [-0.15, -0.1) is 11.3 Å². The summed E-state index contributed by atoms with van der Waals surface area (Å²) in [5, 5.41) is 8.20. The van der Waals surface area contributed by atoms with Crippen LogP contribution in [0.5, 0.6) is 11.5 Å². The fourth-order valence-electron chi connectivity index (χ4n) is 4.47. The number of para-hydroxylation sites is 1. The van der Waals surface area contributed by atoms with Crippen LogP contribution in [0.3, 0.4) is 0 Å². The molecule has 240 valence electrons. The van der Waals surface area contributed by atoms with Gasteiger partial charge >= 0.3 is 12.4 Å². The van der Waals surface area contributed by atoms with E-state index in [2.05, 4.69) is 15.4 Å². The number of anilines is 1. The van der Waals surface area contributed by atoms with Gasteiger partial charge in [-0.05, 0) is 70.8 Å². The quantitative estimate of drug-likeness (QED) is 0.0814. The number of thiophene rings is 1. The van der Waals surface area contributed by atoms with E-state index in [1.807, 2.05) is 42.5 Å². The van der Waals surface area contributed by atoms with Crippen LogP contribution in [0.15, 0.2) is 101 Å². The highest BCUT2D eigenvalue weighted by Gasteiger charge is 2.37. The number of alkyl halides is 6. The van der Waals surface area contributed by atoms with Crippen molar-refractivity contribution in [2.45, 2.75) is 16.6 Å². The predicted octanol–water partition coefficient (Wildman–Crippen LogP) is 8.66. The molecule has 0 aliphatic rings. The predicted molar refractivity (Wildman–Crippen MR) is 170 cm³/mol. The van der Waals surface area contributed by atoms with Gasteiger partial charge in [0, 0.05) is 29.9 Å². The van der Waals surface area contributed by atoms with Crippen molar-refractivity contribution in [1.82, 2.24) is 10.0 Å². The molecule has 0 saturated carbocycles. The fourth-order valence-corrected chi connectivity index (χ4v) is 7.14. The lowest BCUT2D eigenvalue weighted by molar-refractivity contribution is -0.143. The average molecular weight is 696 g/mol. The first-order valence-electron chi connectivity index (χ1n) is 13.4. The van der Waals surface area contributed by atoms with Crippen molar-refractivity contribution in [3.05, 3.63) is 108 Å². The molecule has 46 heavy (non-hydrogen) atoms. The van der Waals surface area contributed by atoms with Crippen LogP contribution < -0.4 is 20.1 Å². The molecule has 3 N–H and O–H groups in total. The Labute approximate surface area is 269 Å². The summed E-state index contributed by atoms with van der Waals surface area (Å²) in [6.07, 6.45) is -10.0. The van der Waals surface area contributed by atoms with Gasteiger partial charge in [-0.2, -0.15) is 26.3 Å². The molecule has 6 nitrogen and oxygen atoms in total. The molecular weight excluding hydrogens is 673 g/mol. The van der Waals surface area contributed by atoms with Gasteiger partial charge in [-0.3, -0.25) is 0 Å². The first-order valence-corrected chi connectivity index (χ1v) is 16.2. The summed E-state index contributed by atoms with van der Waals surface area (Å²) in [6.45, 7) is -0.328. The van der Waals surface area contributed by atoms with Crippen LogP contribution in [0.1, 0.15) is 11.1 Å². The third-order valence-corrected chi connectivity index (χ3v) is 9.74. The highest BCUT2D eigenvalue weighted by atomic mass is 32.2. The molecule has 0 bridgehead atoms. The minimum atomic E-state index is -5.02. The van der Waals surface area contributed by atoms with E-state index in [4.69, 9.17) is 17.0 Å². The van der Waals surface area contributed by atoms with Crippen LogP contribution in [0.4, 0.5) is 32.0 Å². The number of ether oxygens (including phenoxy) is 1. The number of halogens is 6. The normalized spacial score (nSPS) is 12.2. The largest absolute Gasteiger partial charge is 0.457 e. The summed E-state index contributed by atoms with van der Waals surface area (Å²) in [4.78, 5) is 0. The van der Waals surface area contributed by atoms with E-state index in [0.29, 0.717) is 34.8 Å². The van der Waals surface area contributed by atoms with Gasteiger partial charge < -0.3 is 15.4 Å². The van der Waals surface area contributed by atoms with Gasteiger partial charge in [0.2, 0.25) is 0 Å². The molecule has 1 aromatic heterocycles. The molecule has 15 heteroatoms. The molecule has 5 rings (SSSR count). The van der Waals surface area contributed by atoms with Gasteiger partial charge in [-0.1, -0.05) is 48.5 Å². The zero-order valence-corrected chi connectivity index (χ0v) is 25.8. The number of thiocarbonyl (C=S) groups is 1. The topological polar surface area (TPSA) is 79.5 Å². The second-order valence-corrected chi connectivity index (χ2v) is 13.1. The molecule has 0 aliphatic heterocycles. The van der Waals surface area contributed by atoms with Gasteiger partial charge in [0.25, 0.3) is 10.0 Å². The first-order chi connectivity index (χ1) is 21.7. The number of hydrogen-bond donors (Lipinski definition) is 3. The van der Waals surface area contributed by atoms with Crippen molar-refractivity contribution in [3.63, 3.8) is 0 Å². The number of benzene rings is 4. The molecule has 5 aromatic rings. The van der Waals surface area contributed by atoms with E-state index < -0.39 is 39.2 Å². The van der Waals surface area contributed by atoms with E-state index >= 15 is 0 Å². The molecular formula is C31H23F6N3O3S3. The molecule has 0 spiro atoms. The van der Waals surface area contributed by atoms with Crippen molar-refractivity contribution < 1.29 is 39.5 Å². The Bertz CT molecular complexity index is 1960. The fraction of sp³-hybridized carbons (Fsp3) is 0.129. The summed E-state index contributed by atoms with van der Waals surface area (Å²) in [6, 6.07) is 23.0. The maximum atomic E-state index is 13.3. The monoisotopic (exact) mass is 695 g/mol. The molecule has 0 unspecified atom stereocenters. The van der Waals surface area contributed by atoms with Crippen molar-refractivity contribution in [3.8, 4) is 22.6 Å². The Kier molecular flexibility index (Phi) is 9.58. The maximum Gasteiger partial charge on any atom is 0.416 e. The molecule has 0 atom stereocenters. The van der Waals surface area contributed by atoms with E-state index in [1.165, 1.54) is 0 Å². The van der Waals surface area contributed by atoms with E-state index in [1.54, 1.807) is 35.7 Å². The third-order valence-electron chi connectivity index (χ3n) is 6.55. The van der Waals surface area contributed by atoms with Crippen molar-refractivity contribution in [2.75, 3.05) is 18.4 Å². The average Bonchev–Trinajstić information content (AvgIpc) is 3.50. The van der Waals surface area contributed by atoms with Crippen LogP contribution >= 0.6 is 23.6 Å².